The standard InChI is InChI=1S/C6H8N3/c1-2-7-6-8-3-5-9(6)4-1/h3H,1-2,4H2,(H,7,8). The molecular formula is C6H8N3. The maximum Gasteiger partial charge on any atom is 0.203 e. The maximum atomic E-state index is 4.05. The summed E-state index contributed by atoms with van der Waals surface area (Å²) in [6, 6.07) is 0. The molecule has 1 radical (unpaired) electrons. The van der Waals surface area contributed by atoms with Gasteiger partial charge in [0.1, 0.15) is 0 Å². The van der Waals surface area contributed by atoms with Crippen molar-refractivity contribution in [3.63, 3.8) is 0 Å². The van der Waals surface area contributed by atoms with E-state index in [1.54, 1.807) is 6.20 Å². The van der Waals surface area contributed by atoms with Crippen LogP contribution in [0.25, 0.3) is 0 Å². The van der Waals surface area contributed by atoms with E-state index in [9.17, 15) is 0 Å². The molecule has 1 aliphatic heterocycles. The van der Waals surface area contributed by atoms with E-state index < -0.39 is 0 Å². The van der Waals surface area contributed by atoms with Crippen LogP contribution in [0.4, 0.5) is 5.95 Å². The summed E-state index contributed by atoms with van der Waals surface area (Å²) in [5.74, 6) is 0.959. The third kappa shape index (κ3) is 0.686. The Morgan fingerprint density at radius 2 is 2.78 bits per heavy atom. The normalized spacial score (nSPS) is 16.4. The number of nitrogens with one attached hydrogen (secondary N) is 1. The van der Waals surface area contributed by atoms with Crippen molar-refractivity contribution in [2.45, 2.75) is 13.0 Å². The zero-order valence-corrected chi connectivity index (χ0v) is 5.09. The van der Waals surface area contributed by atoms with Crippen molar-refractivity contribution in [3.8, 4) is 0 Å². The summed E-state index contributed by atoms with van der Waals surface area (Å²) in [4.78, 5) is 4.05. The monoisotopic (exact) mass is 122 g/mol. The van der Waals surface area contributed by atoms with Crippen molar-refractivity contribution >= 4 is 5.95 Å². The lowest BCUT2D eigenvalue weighted by molar-refractivity contribution is 0.624. The fourth-order valence-electron chi connectivity index (χ4n) is 1.04. The highest BCUT2D eigenvalue weighted by Gasteiger charge is 2.05. The van der Waals surface area contributed by atoms with Gasteiger partial charge in [-0.1, -0.05) is 0 Å². The lowest BCUT2D eigenvalue weighted by Crippen LogP contribution is -2.16. The Morgan fingerprint density at radius 3 is 3.67 bits per heavy atom. The molecule has 1 aromatic rings. The highest BCUT2D eigenvalue weighted by Crippen LogP contribution is 2.08. The molecule has 0 amide bonds. The second kappa shape index (κ2) is 1.76. The first-order valence-electron chi connectivity index (χ1n) is 3.14. The molecule has 0 bridgehead atoms. The summed E-state index contributed by atoms with van der Waals surface area (Å²) in [5.41, 5.74) is 0. The van der Waals surface area contributed by atoms with E-state index in [1.165, 1.54) is 6.42 Å². The number of hydrogen-bond donors (Lipinski definition) is 1. The summed E-state index contributed by atoms with van der Waals surface area (Å²) >= 11 is 0. The largest absolute Gasteiger partial charge is 0.356 e. The number of nitrogens with zero attached hydrogens (tertiary/aromatic N) is 2. The van der Waals surface area contributed by atoms with Crippen molar-refractivity contribution < 1.29 is 0 Å². The molecule has 0 aromatic carbocycles. The topological polar surface area (TPSA) is 29.9 Å². The van der Waals surface area contributed by atoms with Gasteiger partial charge in [-0.25, -0.2) is 4.98 Å². The number of hydrogen-bond acceptors (Lipinski definition) is 2. The van der Waals surface area contributed by atoms with E-state index in [4.69, 9.17) is 0 Å². The van der Waals surface area contributed by atoms with Gasteiger partial charge in [-0.2, -0.15) is 0 Å². The zero-order valence-electron chi connectivity index (χ0n) is 5.09. The van der Waals surface area contributed by atoms with Gasteiger partial charge in [0.25, 0.3) is 0 Å². The number of aromatic nitrogens is 2. The number of fused-ring (bicyclic) bond motifs is 1. The minimum absolute atomic E-state index is 0.959. The van der Waals surface area contributed by atoms with Crippen molar-refractivity contribution in [1.82, 2.24) is 9.55 Å². The zero-order chi connectivity index (χ0) is 6.10. The van der Waals surface area contributed by atoms with E-state index in [0.29, 0.717) is 0 Å². The molecule has 1 aromatic heterocycles. The highest BCUT2D eigenvalue weighted by molar-refractivity contribution is 5.26. The van der Waals surface area contributed by atoms with E-state index in [0.717, 1.165) is 19.0 Å². The van der Waals surface area contributed by atoms with Gasteiger partial charge in [0, 0.05) is 13.1 Å². The Morgan fingerprint density at radius 1 is 1.78 bits per heavy atom. The molecule has 0 aliphatic carbocycles. The van der Waals surface area contributed by atoms with E-state index in [1.807, 2.05) is 4.57 Å². The van der Waals surface area contributed by atoms with Crippen LogP contribution >= 0.6 is 0 Å². The van der Waals surface area contributed by atoms with Crippen molar-refractivity contribution in [2.75, 3.05) is 11.9 Å². The average Bonchev–Trinajstić information content (AvgIpc) is 2.33. The summed E-state index contributed by atoms with van der Waals surface area (Å²) in [6.45, 7) is 2.10. The Kier molecular flexibility index (Phi) is 0.946. The smallest absolute Gasteiger partial charge is 0.203 e. The second-order valence-corrected chi connectivity index (χ2v) is 2.14. The van der Waals surface area contributed by atoms with Crippen LogP contribution in [0.2, 0.25) is 0 Å². The van der Waals surface area contributed by atoms with Crippen LogP contribution in [-0.2, 0) is 6.54 Å². The van der Waals surface area contributed by atoms with Crippen LogP contribution in [0, 0.1) is 6.20 Å². The molecule has 3 nitrogen and oxygen atoms in total. The second-order valence-electron chi connectivity index (χ2n) is 2.14. The lowest BCUT2D eigenvalue weighted by atomic mass is 10.4. The van der Waals surface area contributed by atoms with Gasteiger partial charge >= 0.3 is 0 Å². The van der Waals surface area contributed by atoms with Crippen LogP contribution in [0.1, 0.15) is 6.42 Å². The number of rotatable bonds is 0. The van der Waals surface area contributed by atoms with Crippen molar-refractivity contribution in [1.29, 1.82) is 0 Å². The fourth-order valence-corrected chi connectivity index (χ4v) is 1.04. The maximum absolute atomic E-state index is 4.05. The Balaban J connectivity index is 2.39. The highest BCUT2D eigenvalue weighted by atomic mass is 15.2. The molecule has 2 rings (SSSR count). The molecule has 0 saturated heterocycles. The van der Waals surface area contributed by atoms with E-state index in [-0.39, 0.29) is 0 Å². The van der Waals surface area contributed by atoms with Gasteiger partial charge in [0.15, 0.2) is 0 Å². The van der Waals surface area contributed by atoms with Gasteiger partial charge < -0.3 is 9.88 Å². The molecule has 9 heavy (non-hydrogen) atoms. The number of aryl methyl sites for hydroxylation is 1. The van der Waals surface area contributed by atoms with Crippen LogP contribution in [-0.4, -0.2) is 16.1 Å². The lowest BCUT2D eigenvalue weighted by Gasteiger charge is -2.13. The molecule has 3 heteroatoms. The summed E-state index contributed by atoms with van der Waals surface area (Å²) in [6.07, 6.45) is 5.88. The number of anilines is 1. The summed E-state index contributed by atoms with van der Waals surface area (Å²) in [5, 5.41) is 3.16. The Labute approximate surface area is 53.7 Å². The quantitative estimate of drug-likeness (QED) is 0.543. The first-order valence-corrected chi connectivity index (χ1v) is 3.14. The van der Waals surface area contributed by atoms with Gasteiger partial charge in [-0.05, 0) is 6.42 Å². The van der Waals surface area contributed by atoms with Crippen molar-refractivity contribution in [3.05, 3.63) is 12.4 Å². The number of imidazole rings is 1. The molecule has 0 saturated carbocycles. The molecule has 2 heterocycles. The molecule has 1 N–H and O–H groups in total. The van der Waals surface area contributed by atoms with Gasteiger partial charge in [0.2, 0.25) is 5.95 Å². The first kappa shape index (κ1) is 4.85. The van der Waals surface area contributed by atoms with E-state index in [2.05, 4.69) is 16.5 Å². The molecule has 0 fully saturated rings. The van der Waals surface area contributed by atoms with Crippen LogP contribution in [0.15, 0.2) is 6.20 Å². The van der Waals surface area contributed by atoms with Gasteiger partial charge in [-0.3, -0.25) is 0 Å². The van der Waals surface area contributed by atoms with Gasteiger partial charge in [-0.15, -0.1) is 0 Å². The van der Waals surface area contributed by atoms with Crippen molar-refractivity contribution in [2.24, 2.45) is 0 Å². The third-order valence-electron chi connectivity index (χ3n) is 1.50. The Bertz CT molecular complexity index is 183. The predicted molar refractivity (Wildman–Crippen MR) is 34.2 cm³/mol. The predicted octanol–water partition coefficient (Wildman–Crippen LogP) is 0.499. The van der Waals surface area contributed by atoms with Crippen LogP contribution in [0.5, 0.6) is 0 Å². The molecule has 47 valence electrons. The van der Waals surface area contributed by atoms with Gasteiger partial charge in [0.05, 0.1) is 12.4 Å². The van der Waals surface area contributed by atoms with Crippen LogP contribution in [0.3, 0.4) is 0 Å². The minimum Gasteiger partial charge on any atom is -0.356 e. The SMILES string of the molecule is [c]1cnc2n1CCCN2. The molecule has 0 atom stereocenters. The molecular weight excluding hydrogens is 114 g/mol. The van der Waals surface area contributed by atoms with Crippen LogP contribution < -0.4 is 5.32 Å². The van der Waals surface area contributed by atoms with E-state index >= 15 is 0 Å². The fraction of sp³-hybridized carbons (Fsp3) is 0.500. The third-order valence-corrected chi connectivity index (χ3v) is 1.50. The summed E-state index contributed by atoms with van der Waals surface area (Å²) < 4.78 is 2.00. The first-order chi connectivity index (χ1) is 4.47. The molecule has 0 spiro atoms. The summed E-state index contributed by atoms with van der Waals surface area (Å²) in [7, 11) is 0. The average molecular weight is 122 g/mol. The minimum atomic E-state index is 0.959. The molecule has 1 aliphatic rings. The molecule has 0 unspecified atom stereocenters. The Hall–Kier alpha value is -0.990.